The van der Waals surface area contributed by atoms with Crippen LogP contribution in [-0.2, 0) is 9.47 Å². The maximum absolute atomic E-state index is 12.2. The van der Waals surface area contributed by atoms with Crippen molar-refractivity contribution in [2.45, 2.75) is 40.2 Å². The molecule has 1 aromatic carbocycles. The fraction of sp³-hybridized carbons (Fsp3) is 0.467. The molecule has 1 rings (SSSR count). The van der Waals surface area contributed by atoms with Gasteiger partial charge in [0, 0.05) is 5.56 Å². The highest BCUT2D eigenvalue weighted by atomic mass is 16.6. The van der Waals surface area contributed by atoms with Crippen molar-refractivity contribution in [1.82, 2.24) is 0 Å². The van der Waals surface area contributed by atoms with Gasteiger partial charge in [0.25, 0.3) is 5.69 Å². The lowest BCUT2D eigenvalue weighted by molar-refractivity contribution is -0.385. The molecular formula is C15H19NO6. The van der Waals surface area contributed by atoms with Crippen molar-refractivity contribution < 1.29 is 24.0 Å². The number of rotatable bonds is 3. The number of nitrogens with zero attached hydrogens (tertiary/aromatic N) is 1. The third-order valence-electron chi connectivity index (χ3n) is 2.94. The van der Waals surface area contributed by atoms with Crippen LogP contribution in [0.15, 0.2) is 6.07 Å². The fourth-order valence-electron chi connectivity index (χ4n) is 2.03. The van der Waals surface area contributed by atoms with Crippen molar-refractivity contribution in [2.75, 3.05) is 7.11 Å². The van der Waals surface area contributed by atoms with E-state index in [9.17, 15) is 19.7 Å². The Bertz CT molecular complexity index is 642. The molecule has 0 saturated heterocycles. The molecule has 22 heavy (non-hydrogen) atoms. The maximum Gasteiger partial charge on any atom is 0.345 e. The van der Waals surface area contributed by atoms with E-state index in [4.69, 9.17) is 4.74 Å². The summed E-state index contributed by atoms with van der Waals surface area (Å²) in [6, 6.07) is 1.41. The van der Waals surface area contributed by atoms with E-state index in [1.54, 1.807) is 20.8 Å². The van der Waals surface area contributed by atoms with Gasteiger partial charge in [0.1, 0.15) is 11.2 Å². The van der Waals surface area contributed by atoms with E-state index in [1.165, 1.54) is 19.9 Å². The van der Waals surface area contributed by atoms with Gasteiger partial charge in [-0.3, -0.25) is 10.1 Å². The van der Waals surface area contributed by atoms with Gasteiger partial charge >= 0.3 is 11.9 Å². The lowest BCUT2D eigenvalue weighted by Crippen LogP contribution is -2.25. The number of carbonyl (C=O) groups excluding carboxylic acids is 2. The molecule has 0 unspecified atom stereocenters. The molecule has 0 saturated carbocycles. The van der Waals surface area contributed by atoms with Crippen molar-refractivity contribution in [2.24, 2.45) is 0 Å². The Morgan fingerprint density at radius 1 is 1.18 bits per heavy atom. The van der Waals surface area contributed by atoms with Crippen molar-refractivity contribution >= 4 is 17.6 Å². The Hall–Kier alpha value is -2.44. The molecule has 7 heteroatoms. The molecule has 0 aliphatic rings. The third kappa shape index (κ3) is 3.60. The zero-order valence-electron chi connectivity index (χ0n) is 13.5. The number of nitro benzene ring substituents is 1. The van der Waals surface area contributed by atoms with Crippen LogP contribution in [0.1, 0.15) is 52.6 Å². The van der Waals surface area contributed by atoms with E-state index in [1.807, 2.05) is 0 Å². The third-order valence-corrected chi connectivity index (χ3v) is 2.94. The summed E-state index contributed by atoms with van der Waals surface area (Å²) >= 11 is 0. The van der Waals surface area contributed by atoms with Gasteiger partial charge in [-0.25, -0.2) is 9.59 Å². The van der Waals surface area contributed by atoms with E-state index in [0.717, 1.165) is 7.11 Å². The van der Waals surface area contributed by atoms with E-state index in [-0.39, 0.29) is 22.3 Å². The quantitative estimate of drug-likeness (QED) is 0.484. The highest BCUT2D eigenvalue weighted by molar-refractivity contribution is 6.00. The van der Waals surface area contributed by atoms with Crippen LogP contribution < -0.4 is 0 Å². The average Bonchev–Trinajstić information content (AvgIpc) is 2.37. The first-order valence-corrected chi connectivity index (χ1v) is 6.59. The van der Waals surface area contributed by atoms with Gasteiger partial charge in [0.2, 0.25) is 0 Å². The summed E-state index contributed by atoms with van der Waals surface area (Å²) in [6.45, 7) is 8.01. The van der Waals surface area contributed by atoms with Gasteiger partial charge in [-0.15, -0.1) is 0 Å². The molecule has 0 radical (unpaired) electrons. The number of esters is 2. The maximum atomic E-state index is 12.2. The first kappa shape index (κ1) is 17.6. The molecule has 0 spiro atoms. The van der Waals surface area contributed by atoms with E-state index < -0.39 is 28.2 Å². The molecule has 0 fully saturated rings. The number of nitro groups is 1. The number of hydrogen-bond acceptors (Lipinski definition) is 6. The van der Waals surface area contributed by atoms with Gasteiger partial charge < -0.3 is 9.47 Å². The lowest BCUT2D eigenvalue weighted by atomic mass is 9.97. The van der Waals surface area contributed by atoms with Crippen LogP contribution in [0.5, 0.6) is 0 Å². The van der Waals surface area contributed by atoms with Crippen molar-refractivity contribution in [3.8, 4) is 0 Å². The summed E-state index contributed by atoms with van der Waals surface area (Å²) in [7, 11) is 1.14. The predicted octanol–water partition coefficient (Wildman–Crippen LogP) is 2.95. The highest BCUT2D eigenvalue weighted by Crippen LogP contribution is 2.31. The molecular weight excluding hydrogens is 290 g/mol. The average molecular weight is 309 g/mol. The number of carbonyl (C=O) groups is 2. The summed E-state index contributed by atoms with van der Waals surface area (Å²) in [5.41, 5.74) is -0.903. The van der Waals surface area contributed by atoms with Gasteiger partial charge in [0.15, 0.2) is 0 Å². The first-order chi connectivity index (χ1) is 9.99. The number of methoxy groups -OCH3 is 1. The van der Waals surface area contributed by atoms with Crippen LogP contribution in [-0.4, -0.2) is 29.6 Å². The Kier molecular flexibility index (Phi) is 4.91. The highest BCUT2D eigenvalue weighted by Gasteiger charge is 2.31. The monoisotopic (exact) mass is 309 g/mol. The molecule has 0 aliphatic heterocycles. The van der Waals surface area contributed by atoms with Crippen LogP contribution in [0, 0.1) is 24.0 Å². The smallest absolute Gasteiger partial charge is 0.345 e. The molecule has 120 valence electrons. The molecule has 0 N–H and O–H groups in total. The topological polar surface area (TPSA) is 95.7 Å². The Balaban J connectivity index is 3.56. The predicted molar refractivity (Wildman–Crippen MR) is 79.1 cm³/mol. The van der Waals surface area contributed by atoms with Gasteiger partial charge in [-0.1, -0.05) is 0 Å². The largest absolute Gasteiger partial charge is 0.465 e. The molecule has 0 aromatic heterocycles. The summed E-state index contributed by atoms with van der Waals surface area (Å²) in [6.07, 6.45) is 0. The molecule has 7 nitrogen and oxygen atoms in total. The minimum atomic E-state index is -0.817. The molecule has 0 bridgehead atoms. The minimum Gasteiger partial charge on any atom is -0.465 e. The number of hydrogen-bond donors (Lipinski definition) is 0. The Morgan fingerprint density at radius 3 is 2.14 bits per heavy atom. The summed E-state index contributed by atoms with van der Waals surface area (Å²) in [4.78, 5) is 34.6. The van der Waals surface area contributed by atoms with E-state index >= 15 is 0 Å². The molecule has 0 atom stereocenters. The zero-order valence-corrected chi connectivity index (χ0v) is 13.5. The molecule has 1 aromatic rings. The molecule has 0 amide bonds. The van der Waals surface area contributed by atoms with Crippen LogP contribution in [0.4, 0.5) is 5.69 Å². The number of ether oxygens (including phenoxy) is 2. The van der Waals surface area contributed by atoms with Crippen molar-refractivity contribution in [3.05, 3.63) is 38.4 Å². The molecule has 0 heterocycles. The van der Waals surface area contributed by atoms with Crippen molar-refractivity contribution in [1.29, 1.82) is 0 Å². The van der Waals surface area contributed by atoms with E-state index in [0.29, 0.717) is 0 Å². The minimum absolute atomic E-state index is 0.0618. The first-order valence-electron chi connectivity index (χ1n) is 6.59. The second-order valence-corrected chi connectivity index (χ2v) is 5.84. The SMILES string of the molecule is COC(=O)c1c(C)cc(C(=O)OC(C)(C)C)c(C)c1[N+](=O)[O-]. The summed E-state index contributed by atoms with van der Waals surface area (Å²) in [5.74, 6) is -1.49. The van der Waals surface area contributed by atoms with Gasteiger partial charge in [-0.2, -0.15) is 0 Å². The van der Waals surface area contributed by atoms with Gasteiger partial charge in [-0.05, 0) is 46.2 Å². The fourth-order valence-corrected chi connectivity index (χ4v) is 2.03. The Morgan fingerprint density at radius 2 is 1.73 bits per heavy atom. The van der Waals surface area contributed by atoms with Crippen LogP contribution in [0.2, 0.25) is 0 Å². The zero-order chi connectivity index (χ0) is 17.2. The summed E-state index contributed by atoms with van der Waals surface area (Å²) in [5, 5.41) is 11.3. The standard InChI is InChI=1S/C15H19NO6/c1-8-7-10(13(17)22-15(3,4)5)9(2)12(16(19)20)11(8)14(18)21-6/h7H,1-6H3. The normalized spacial score (nSPS) is 11.0. The number of benzene rings is 1. The van der Waals surface area contributed by atoms with Gasteiger partial charge in [0.05, 0.1) is 17.6 Å². The van der Waals surface area contributed by atoms with Crippen molar-refractivity contribution in [3.63, 3.8) is 0 Å². The second-order valence-electron chi connectivity index (χ2n) is 5.84. The number of aryl methyl sites for hydroxylation is 1. The van der Waals surface area contributed by atoms with Crippen LogP contribution in [0.3, 0.4) is 0 Å². The van der Waals surface area contributed by atoms with E-state index in [2.05, 4.69) is 4.74 Å². The second kappa shape index (κ2) is 6.13. The Labute approximate surface area is 128 Å². The van der Waals surface area contributed by atoms with Crippen LogP contribution in [0.25, 0.3) is 0 Å². The molecule has 0 aliphatic carbocycles. The van der Waals surface area contributed by atoms with Crippen LogP contribution >= 0.6 is 0 Å². The lowest BCUT2D eigenvalue weighted by Gasteiger charge is -2.20. The summed E-state index contributed by atoms with van der Waals surface area (Å²) < 4.78 is 9.83.